The highest BCUT2D eigenvalue weighted by Crippen LogP contribution is 2.62. The molecular weight excluding hydrogens is 488 g/mol. The minimum Gasteiger partial charge on any atom is -0.481 e. The average molecular weight is 514 g/mol. The standard InChI is InChI=1S/C24H25F2N7O4/c25-20(26)19-17(10-33(30-19)14-6-24(7-14)4-12(5-24)23(35)36)28-22(34)16-8-27-32-2-1-18(29-21(16)32)31-9-15-3-13(31)11-37-15/h1-2,8,10,12-15,20H,3-7,9,11H2,(H,28,34)(H,35,36)/t12?,13-,14?,15?,24?/m1/s1. The number of halogens is 2. The van der Waals surface area contributed by atoms with E-state index in [2.05, 4.69) is 25.4 Å². The number of morpholine rings is 1. The third-order valence-corrected chi connectivity index (χ3v) is 8.43. The van der Waals surface area contributed by atoms with E-state index in [0.717, 1.165) is 18.8 Å². The molecule has 2 saturated carbocycles. The van der Waals surface area contributed by atoms with Gasteiger partial charge in [-0.05, 0) is 43.6 Å². The molecule has 1 spiro atoms. The Hall–Kier alpha value is -3.61. The molecule has 2 bridgehead atoms. The van der Waals surface area contributed by atoms with Crippen LogP contribution in [0.2, 0.25) is 0 Å². The summed E-state index contributed by atoms with van der Waals surface area (Å²) >= 11 is 0. The Morgan fingerprint density at radius 2 is 2.03 bits per heavy atom. The number of nitrogens with one attached hydrogen (secondary N) is 1. The van der Waals surface area contributed by atoms with Gasteiger partial charge in [-0.15, -0.1) is 0 Å². The number of amides is 1. The third kappa shape index (κ3) is 3.58. The van der Waals surface area contributed by atoms with Crippen molar-refractivity contribution in [3.05, 3.63) is 35.9 Å². The monoisotopic (exact) mass is 513 g/mol. The van der Waals surface area contributed by atoms with Crippen LogP contribution in [0, 0.1) is 11.3 Å². The van der Waals surface area contributed by atoms with Gasteiger partial charge in [0, 0.05) is 18.9 Å². The Labute approximate surface area is 209 Å². The van der Waals surface area contributed by atoms with E-state index >= 15 is 0 Å². The summed E-state index contributed by atoms with van der Waals surface area (Å²) in [6, 6.07) is 1.99. The molecule has 13 heteroatoms. The van der Waals surface area contributed by atoms with Crippen molar-refractivity contribution in [3.8, 4) is 0 Å². The molecule has 11 nitrogen and oxygen atoms in total. The van der Waals surface area contributed by atoms with Crippen LogP contribution in [-0.2, 0) is 9.53 Å². The molecule has 2 aliphatic heterocycles. The van der Waals surface area contributed by atoms with Crippen molar-refractivity contribution in [2.75, 3.05) is 23.4 Å². The van der Waals surface area contributed by atoms with E-state index in [9.17, 15) is 18.4 Å². The number of hydrogen-bond acceptors (Lipinski definition) is 7. The lowest BCUT2D eigenvalue weighted by molar-refractivity contribution is -0.157. The number of carboxylic acids is 1. The minimum atomic E-state index is -2.87. The second-order valence-corrected chi connectivity index (χ2v) is 10.8. The smallest absolute Gasteiger partial charge is 0.306 e. The number of alkyl halides is 2. The van der Waals surface area contributed by atoms with E-state index in [1.54, 1.807) is 6.20 Å². The topological polar surface area (TPSA) is 127 Å². The molecular formula is C24H25F2N7O4. The van der Waals surface area contributed by atoms with Crippen LogP contribution in [0.3, 0.4) is 0 Å². The Kier molecular flexibility index (Phi) is 4.85. The third-order valence-electron chi connectivity index (χ3n) is 8.43. The summed E-state index contributed by atoms with van der Waals surface area (Å²) in [5.74, 6) is -0.979. The molecule has 1 amide bonds. The number of aromatic nitrogens is 5. The number of carboxylic acid groups (broad SMARTS) is 1. The summed E-state index contributed by atoms with van der Waals surface area (Å²) in [4.78, 5) is 31.1. The van der Waals surface area contributed by atoms with E-state index in [-0.39, 0.29) is 40.8 Å². The Bertz CT molecular complexity index is 1410. The number of aliphatic carboxylic acids is 1. The average Bonchev–Trinajstić information content (AvgIpc) is 3.59. The van der Waals surface area contributed by atoms with Gasteiger partial charge in [0.1, 0.15) is 11.4 Å². The molecule has 7 rings (SSSR count). The highest BCUT2D eigenvalue weighted by molar-refractivity contribution is 6.08. The molecule has 0 aromatic carbocycles. The number of carbonyl (C=O) groups excluding carboxylic acids is 1. The van der Waals surface area contributed by atoms with E-state index in [1.165, 1.54) is 21.6 Å². The summed E-state index contributed by atoms with van der Waals surface area (Å²) in [5, 5.41) is 20.0. The second kappa shape index (κ2) is 7.94. The first-order valence-corrected chi connectivity index (χ1v) is 12.4. The lowest BCUT2D eigenvalue weighted by Crippen LogP contribution is -2.50. The molecule has 5 heterocycles. The molecule has 37 heavy (non-hydrogen) atoms. The van der Waals surface area contributed by atoms with Gasteiger partial charge >= 0.3 is 5.97 Å². The Morgan fingerprint density at radius 3 is 2.70 bits per heavy atom. The van der Waals surface area contributed by atoms with Crippen molar-refractivity contribution in [1.82, 2.24) is 24.4 Å². The number of ether oxygens (including phenoxy) is 1. The first kappa shape index (κ1) is 22.6. The van der Waals surface area contributed by atoms with E-state index < -0.39 is 24.0 Å². The van der Waals surface area contributed by atoms with Crippen molar-refractivity contribution < 1.29 is 28.2 Å². The minimum absolute atomic E-state index is 0.0322. The molecule has 4 fully saturated rings. The van der Waals surface area contributed by atoms with Crippen LogP contribution in [0.25, 0.3) is 5.65 Å². The van der Waals surface area contributed by atoms with E-state index in [4.69, 9.17) is 9.84 Å². The van der Waals surface area contributed by atoms with Crippen LogP contribution in [0.1, 0.15) is 60.6 Å². The maximum atomic E-state index is 13.8. The molecule has 2 N–H and O–H groups in total. The highest BCUT2D eigenvalue weighted by atomic mass is 19.3. The van der Waals surface area contributed by atoms with Gasteiger partial charge in [0.05, 0.1) is 42.6 Å². The molecule has 3 aromatic heterocycles. The van der Waals surface area contributed by atoms with Crippen molar-refractivity contribution in [2.24, 2.45) is 11.3 Å². The first-order chi connectivity index (χ1) is 17.8. The van der Waals surface area contributed by atoms with E-state index in [0.29, 0.717) is 37.9 Å². The summed E-state index contributed by atoms with van der Waals surface area (Å²) in [7, 11) is 0. The van der Waals surface area contributed by atoms with Crippen LogP contribution in [-0.4, -0.2) is 66.7 Å². The molecule has 4 aliphatic rings. The summed E-state index contributed by atoms with van der Waals surface area (Å²) < 4.78 is 36.2. The first-order valence-electron chi connectivity index (χ1n) is 12.4. The summed E-state index contributed by atoms with van der Waals surface area (Å²) in [6.45, 7) is 1.38. The number of carbonyl (C=O) groups is 2. The van der Waals surface area contributed by atoms with Crippen LogP contribution in [0.4, 0.5) is 20.3 Å². The fourth-order valence-corrected chi connectivity index (χ4v) is 6.52. The predicted octanol–water partition coefficient (Wildman–Crippen LogP) is 2.91. The normalized spacial score (nSPS) is 30.2. The van der Waals surface area contributed by atoms with Gasteiger partial charge in [-0.1, -0.05) is 0 Å². The number of anilines is 2. The zero-order valence-corrected chi connectivity index (χ0v) is 19.8. The SMILES string of the molecule is O=C(Nc1cn(C2CC3(CC(C(=O)O)C3)C2)nc1C(F)F)c1cnn2ccc(N3CC4C[C@@H]3CO4)nc12. The van der Waals surface area contributed by atoms with Gasteiger partial charge in [-0.3, -0.25) is 14.3 Å². The zero-order valence-electron chi connectivity index (χ0n) is 19.8. The quantitative estimate of drug-likeness (QED) is 0.515. The molecule has 1 unspecified atom stereocenters. The van der Waals surface area contributed by atoms with Crippen LogP contribution < -0.4 is 10.2 Å². The largest absolute Gasteiger partial charge is 0.481 e. The Morgan fingerprint density at radius 1 is 1.22 bits per heavy atom. The van der Waals surface area contributed by atoms with Gasteiger partial charge < -0.3 is 20.1 Å². The van der Waals surface area contributed by atoms with Gasteiger partial charge in [0.15, 0.2) is 11.3 Å². The fraction of sp³-hybridized carbons (Fsp3) is 0.542. The molecule has 2 aliphatic carbocycles. The van der Waals surface area contributed by atoms with Crippen molar-refractivity contribution in [2.45, 2.75) is 56.7 Å². The number of fused-ring (bicyclic) bond motifs is 3. The lowest BCUT2D eigenvalue weighted by atomic mass is 9.50. The molecule has 2 atom stereocenters. The summed E-state index contributed by atoms with van der Waals surface area (Å²) in [6.07, 6.45) is 5.42. The van der Waals surface area contributed by atoms with Crippen LogP contribution in [0.15, 0.2) is 24.7 Å². The maximum absolute atomic E-state index is 13.8. The van der Waals surface area contributed by atoms with Crippen molar-refractivity contribution in [3.63, 3.8) is 0 Å². The number of hydrogen-bond donors (Lipinski definition) is 2. The second-order valence-electron chi connectivity index (χ2n) is 10.8. The van der Waals surface area contributed by atoms with Gasteiger partial charge in [-0.2, -0.15) is 10.2 Å². The predicted molar refractivity (Wildman–Crippen MR) is 125 cm³/mol. The zero-order chi connectivity index (χ0) is 25.5. The van der Waals surface area contributed by atoms with Crippen LogP contribution in [0.5, 0.6) is 0 Å². The van der Waals surface area contributed by atoms with Crippen molar-refractivity contribution >= 4 is 29.0 Å². The van der Waals surface area contributed by atoms with Gasteiger partial charge in [0.25, 0.3) is 12.3 Å². The van der Waals surface area contributed by atoms with Gasteiger partial charge in [-0.25, -0.2) is 18.3 Å². The number of rotatable bonds is 6. The maximum Gasteiger partial charge on any atom is 0.306 e. The lowest BCUT2D eigenvalue weighted by Gasteiger charge is -2.56. The number of nitrogens with zero attached hydrogens (tertiary/aromatic N) is 6. The molecule has 0 radical (unpaired) electrons. The van der Waals surface area contributed by atoms with Crippen LogP contribution >= 0.6 is 0 Å². The molecule has 194 valence electrons. The van der Waals surface area contributed by atoms with Crippen molar-refractivity contribution in [1.29, 1.82) is 0 Å². The van der Waals surface area contributed by atoms with E-state index in [1.807, 2.05) is 6.07 Å². The molecule has 2 saturated heterocycles. The Balaban J connectivity index is 1.10. The summed E-state index contributed by atoms with van der Waals surface area (Å²) in [5.41, 5.74) is -0.0713. The fourth-order valence-electron chi connectivity index (χ4n) is 6.52. The highest BCUT2D eigenvalue weighted by Gasteiger charge is 2.55. The molecule has 3 aromatic rings. The van der Waals surface area contributed by atoms with Gasteiger partial charge in [0.2, 0.25) is 0 Å².